The van der Waals surface area contributed by atoms with Crippen molar-refractivity contribution >= 4 is 23.1 Å². The number of halogens is 1. The first-order valence-electron chi connectivity index (χ1n) is 5.19. The Balaban J connectivity index is 2.09. The van der Waals surface area contributed by atoms with E-state index in [2.05, 4.69) is 20.3 Å². The van der Waals surface area contributed by atoms with E-state index in [4.69, 9.17) is 22.1 Å². The lowest BCUT2D eigenvalue weighted by Gasteiger charge is -2.09. The van der Waals surface area contributed by atoms with Crippen LogP contribution in [0.15, 0.2) is 24.7 Å². The summed E-state index contributed by atoms with van der Waals surface area (Å²) in [6, 6.07) is 3.69. The highest BCUT2D eigenvalue weighted by atomic mass is 35.5. The molecule has 0 aliphatic carbocycles. The smallest absolute Gasteiger partial charge is 0.213 e. The highest BCUT2D eigenvalue weighted by Gasteiger charge is 2.05. The van der Waals surface area contributed by atoms with Crippen LogP contribution in [0, 0.1) is 0 Å². The Labute approximate surface area is 109 Å². The van der Waals surface area contributed by atoms with Crippen LogP contribution in [0.3, 0.4) is 0 Å². The van der Waals surface area contributed by atoms with Gasteiger partial charge in [-0.15, -0.1) is 0 Å². The van der Waals surface area contributed by atoms with Crippen molar-refractivity contribution in [2.45, 2.75) is 6.54 Å². The van der Waals surface area contributed by atoms with Crippen LogP contribution in [0.2, 0.25) is 5.15 Å². The molecule has 0 amide bonds. The Morgan fingerprint density at radius 3 is 3.00 bits per heavy atom. The number of rotatable bonds is 4. The van der Waals surface area contributed by atoms with Crippen LogP contribution in [0.5, 0.6) is 5.88 Å². The van der Waals surface area contributed by atoms with Crippen LogP contribution >= 0.6 is 11.6 Å². The third-order valence-electron chi connectivity index (χ3n) is 2.30. The number of nitrogens with two attached hydrogens (primary N) is 1. The zero-order valence-corrected chi connectivity index (χ0v) is 10.5. The van der Waals surface area contributed by atoms with Crippen LogP contribution in [0.4, 0.5) is 11.5 Å². The lowest BCUT2D eigenvalue weighted by atomic mass is 10.2. The predicted molar refractivity (Wildman–Crippen MR) is 69.6 cm³/mol. The minimum Gasteiger partial charge on any atom is -0.481 e. The van der Waals surface area contributed by atoms with Crippen molar-refractivity contribution < 1.29 is 4.74 Å². The summed E-state index contributed by atoms with van der Waals surface area (Å²) in [6.45, 7) is 0.538. The topological polar surface area (TPSA) is 86.0 Å². The maximum Gasteiger partial charge on any atom is 0.213 e. The molecule has 0 aliphatic rings. The average Bonchev–Trinajstić information content (AvgIpc) is 2.41. The zero-order chi connectivity index (χ0) is 13.0. The van der Waals surface area contributed by atoms with Gasteiger partial charge in [-0.1, -0.05) is 11.6 Å². The van der Waals surface area contributed by atoms with E-state index in [1.54, 1.807) is 13.3 Å². The Kier molecular flexibility index (Phi) is 3.78. The first-order chi connectivity index (χ1) is 8.70. The largest absolute Gasteiger partial charge is 0.481 e. The molecule has 0 aliphatic heterocycles. The SMILES string of the molecule is COc1cc(CNc2ncnc(Cl)c2N)ccn1. The number of nitrogens with one attached hydrogen (secondary N) is 1. The second-order valence-electron chi connectivity index (χ2n) is 3.49. The molecule has 0 fully saturated rings. The molecule has 0 bridgehead atoms. The van der Waals surface area contributed by atoms with E-state index in [0.29, 0.717) is 23.9 Å². The van der Waals surface area contributed by atoms with Gasteiger partial charge >= 0.3 is 0 Å². The molecule has 0 spiro atoms. The molecule has 2 aromatic rings. The summed E-state index contributed by atoms with van der Waals surface area (Å²) in [5.41, 5.74) is 7.08. The molecule has 94 valence electrons. The second-order valence-corrected chi connectivity index (χ2v) is 3.84. The number of hydrogen-bond acceptors (Lipinski definition) is 6. The third kappa shape index (κ3) is 2.78. The fraction of sp³-hybridized carbons (Fsp3) is 0.182. The van der Waals surface area contributed by atoms with Gasteiger partial charge in [0, 0.05) is 18.8 Å². The van der Waals surface area contributed by atoms with Gasteiger partial charge in [-0.25, -0.2) is 15.0 Å². The molecule has 0 aromatic carbocycles. The minimum absolute atomic E-state index is 0.236. The van der Waals surface area contributed by atoms with Crippen LogP contribution in [0.1, 0.15) is 5.56 Å². The van der Waals surface area contributed by atoms with Crippen molar-refractivity contribution in [1.82, 2.24) is 15.0 Å². The monoisotopic (exact) mass is 265 g/mol. The number of anilines is 2. The quantitative estimate of drug-likeness (QED) is 0.819. The maximum atomic E-state index is 5.80. The number of nitrogen functional groups attached to an aromatic ring is 1. The van der Waals surface area contributed by atoms with Crippen molar-refractivity contribution in [3.8, 4) is 5.88 Å². The molecular weight excluding hydrogens is 254 g/mol. The van der Waals surface area contributed by atoms with Gasteiger partial charge in [-0.2, -0.15) is 0 Å². The van der Waals surface area contributed by atoms with Gasteiger partial charge < -0.3 is 15.8 Å². The summed E-state index contributed by atoms with van der Waals surface area (Å²) in [4.78, 5) is 11.8. The number of aromatic nitrogens is 3. The molecule has 0 atom stereocenters. The molecule has 0 saturated carbocycles. The molecule has 2 heterocycles. The summed E-state index contributed by atoms with van der Waals surface area (Å²) >= 11 is 5.80. The van der Waals surface area contributed by atoms with Gasteiger partial charge in [0.2, 0.25) is 5.88 Å². The molecule has 2 aromatic heterocycles. The lowest BCUT2D eigenvalue weighted by molar-refractivity contribution is 0.397. The number of ether oxygens (including phenoxy) is 1. The molecule has 0 saturated heterocycles. The fourth-order valence-corrected chi connectivity index (χ4v) is 1.51. The van der Waals surface area contributed by atoms with Gasteiger partial charge in [-0.05, 0) is 11.6 Å². The number of hydrogen-bond donors (Lipinski definition) is 2. The highest BCUT2D eigenvalue weighted by molar-refractivity contribution is 6.32. The van der Waals surface area contributed by atoms with E-state index in [9.17, 15) is 0 Å². The molecule has 0 unspecified atom stereocenters. The van der Waals surface area contributed by atoms with Crippen molar-refractivity contribution in [2.75, 3.05) is 18.2 Å². The van der Waals surface area contributed by atoms with E-state index in [-0.39, 0.29) is 5.15 Å². The van der Waals surface area contributed by atoms with Gasteiger partial charge in [-0.3, -0.25) is 0 Å². The Bertz CT molecular complexity index is 549. The number of methoxy groups -OCH3 is 1. The fourth-order valence-electron chi connectivity index (χ4n) is 1.37. The van der Waals surface area contributed by atoms with Gasteiger partial charge in [0.25, 0.3) is 0 Å². The standard InChI is InChI=1S/C11H12ClN5O/c1-18-8-4-7(2-3-14-8)5-15-11-9(13)10(12)16-6-17-11/h2-4,6H,5,13H2,1H3,(H,15,16,17). The first kappa shape index (κ1) is 12.4. The van der Waals surface area contributed by atoms with E-state index in [1.807, 2.05) is 12.1 Å². The van der Waals surface area contributed by atoms with Gasteiger partial charge in [0.1, 0.15) is 12.0 Å². The van der Waals surface area contributed by atoms with Crippen LogP contribution < -0.4 is 15.8 Å². The first-order valence-corrected chi connectivity index (χ1v) is 5.57. The molecular formula is C11H12ClN5O. The van der Waals surface area contributed by atoms with Crippen molar-refractivity contribution in [3.05, 3.63) is 35.4 Å². The summed E-state index contributed by atoms with van der Waals surface area (Å²) in [7, 11) is 1.57. The maximum absolute atomic E-state index is 5.80. The van der Waals surface area contributed by atoms with Crippen LogP contribution in [-0.4, -0.2) is 22.1 Å². The zero-order valence-electron chi connectivity index (χ0n) is 9.72. The normalized spacial score (nSPS) is 10.1. The van der Waals surface area contributed by atoms with Gasteiger partial charge in [0.05, 0.1) is 7.11 Å². The molecule has 0 radical (unpaired) electrons. The molecule has 7 heteroatoms. The average molecular weight is 266 g/mol. The highest BCUT2D eigenvalue weighted by Crippen LogP contribution is 2.22. The summed E-state index contributed by atoms with van der Waals surface area (Å²) in [5.74, 6) is 1.06. The van der Waals surface area contributed by atoms with E-state index in [1.165, 1.54) is 6.33 Å². The lowest BCUT2D eigenvalue weighted by Crippen LogP contribution is -2.06. The van der Waals surface area contributed by atoms with Crippen LogP contribution in [0.25, 0.3) is 0 Å². The summed E-state index contributed by atoms with van der Waals surface area (Å²) < 4.78 is 5.04. The Morgan fingerprint density at radius 2 is 2.22 bits per heavy atom. The van der Waals surface area contributed by atoms with Crippen LogP contribution in [-0.2, 0) is 6.54 Å². The van der Waals surface area contributed by atoms with Crippen molar-refractivity contribution in [3.63, 3.8) is 0 Å². The minimum atomic E-state index is 0.236. The summed E-state index contributed by atoms with van der Waals surface area (Å²) in [5, 5.41) is 3.31. The molecule has 6 nitrogen and oxygen atoms in total. The predicted octanol–water partition coefficient (Wildman–Crippen LogP) is 1.73. The van der Waals surface area contributed by atoms with Gasteiger partial charge in [0.15, 0.2) is 11.0 Å². The number of nitrogens with zero attached hydrogens (tertiary/aromatic N) is 3. The molecule has 18 heavy (non-hydrogen) atoms. The Hall–Kier alpha value is -2.08. The second kappa shape index (κ2) is 5.50. The van der Waals surface area contributed by atoms with E-state index in [0.717, 1.165) is 5.56 Å². The summed E-state index contributed by atoms with van der Waals surface area (Å²) in [6.07, 6.45) is 3.03. The van der Waals surface area contributed by atoms with E-state index < -0.39 is 0 Å². The Morgan fingerprint density at radius 1 is 1.39 bits per heavy atom. The molecule has 3 N–H and O–H groups in total. The van der Waals surface area contributed by atoms with Crippen molar-refractivity contribution in [2.24, 2.45) is 0 Å². The third-order valence-corrected chi connectivity index (χ3v) is 2.60. The van der Waals surface area contributed by atoms with Crippen molar-refractivity contribution in [1.29, 1.82) is 0 Å². The number of pyridine rings is 1. The van der Waals surface area contributed by atoms with E-state index >= 15 is 0 Å². The molecule has 2 rings (SSSR count).